The quantitative estimate of drug-likeness (QED) is 0.509. The van der Waals surface area contributed by atoms with Gasteiger partial charge in [0.15, 0.2) is 6.21 Å². The van der Waals surface area contributed by atoms with Gasteiger partial charge in [0, 0.05) is 32.2 Å². The van der Waals surface area contributed by atoms with Crippen LogP contribution in [0.25, 0.3) is 28.3 Å². The van der Waals surface area contributed by atoms with Gasteiger partial charge < -0.3 is 9.84 Å². The van der Waals surface area contributed by atoms with Crippen LogP contribution in [-0.4, -0.2) is 12.2 Å². The Bertz CT molecular complexity index is 1460. The van der Waals surface area contributed by atoms with E-state index in [-0.39, 0.29) is 5.95 Å². The molecule has 28 heavy (non-hydrogen) atoms. The summed E-state index contributed by atoms with van der Waals surface area (Å²) in [5.74, 6) is -0.0329. The highest BCUT2D eigenvalue weighted by Gasteiger charge is 2.07. The van der Waals surface area contributed by atoms with Crippen LogP contribution < -0.4 is 18.0 Å². The molecule has 0 bridgehead atoms. The second-order valence-corrected chi connectivity index (χ2v) is 9.34. The largest absolute Gasteiger partial charge is 0.480 e. The number of methoxy groups -OCH3 is 1. The van der Waals surface area contributed by atoms with Gasteiger partial charge in [0.05, 0.1) is 7.11 Å². The Balaban J connectivity index is 1.86. The number of para-hydroxylation sites is 1. The van der Waals surface area contributed by atoms with Gasteiger partial charge in [-0.25, -0.2) is 0 Å². The predicted molar refractivity (Wildman–Crippen MR) is 119 cm³/mol. The van der Waals surface area contributed by atoms with Gasteiger partial charge in [-0.3, -0.25) is 0 Å². The van der Waals surface area contributed by atoms with E-state index in [9.17, 15) is 5.11 Å². The first kappa shape index (κ1) is 18.9. The summed E-state index contributed by atoms with van der Waals surface area (Å²) in [6.45, 7) is 2.16. The molecule has 4 aromatic rings. The van der Waals surface area contributed by atoms with Gasteiger partial charge in [0.1, 0.15) is 9.23 Å². The van der Waals surface area contributed by atoms with Gasteiger partial charge in [0.2, 0.25) is 5.52 Å². The van der Waals surface area contributed by atoms with Crippen LogP contribution >= 0.6 is 34.0 Å². The second kappa shape index (κ2) is 8.31. The zero-order chi connectivity index (χ0) is 19.5. The van der Waals surface area contributed by atoms with Crippen molar-refractivity contribution in [1.82, 2.24) is 0 Å². The molecule has 0 atom stereocenters. The highest BCUT2D eigenvalue weighted by Crippen LogP contribution is 2.11. The number of aromatic nitrogens is 1. The third-order valence-corrected chi connectivity index (χ3v) is 7.64. The minimum absolute atomic E-state index is 0.0329. The van der Waals surface area contributed by atoms with E-state index in [2.05, 4.69) is 65.9 Å². The lowest BCUT2D eigenvalue weighted by atomic mass is 10.3. The molecule has 0 fully saturated rings. The fourth-order valence-electron chi connectivity index (χ4n) is 2.92. The van der Waals surface area contributed by atoms with Crippen molar-refractivity contribution in [3.05, 3.63) is 77.5 Å². The van der Waals surface area contributed by atoms with E-state index in [0.717, 1.165) is 15.5 Å². The molecule has 0 amide bonds. The second-order valence-electron chi connectivity index (χ2n) is 6.08. The Morgan fingerprint density at radius 2 is 1.79 bits per heavy atom. The number of rotatable bonds is 3. The Morgan fingerprint density at radius 1 is 1.00 bits per heavy atom. The van der Waals surface area contributed by atoms with E-state index in [1.807, 2.05) is 12.1 Å². The van der Waals surface area contributed by atoms with Crippen molar-refractivity contribution in [2.75, 3.05) is 7.11 Å². The number of hydrogen-bond donors (Lipinski definition) is 1. The average molecular weight is 427 g/mol. The summed E-state index contributed by atoms with van der Waals surface area (Å²) in [7, 11) is 1.47. The lowest BCUT2D eigenvalue weighted by Gasteiger charge is -1.91. The molecule has 0 saturated carbocycles. The van der Waals surface area contributed by atoms with Crippen molar-refractivity contribution in [1.29, 1.82) is 0 Å². The smallest absolute Gasteiger partial charge is 0.294 e. The maximum absolute atomic E-state index is 9.73. The van der Waals surface area contributed by atoms with Crippen LogP contribution in [0, 0.1) is 15.3 Å². The molecule has 0 aliphatic carbocycles. The summed E-state index contributed by atoms with van der Waals surface area (Å²) in [5, 5.41) is 9.73. The van der Waals surface area contributed by atoms with Crippen molar-refractivity contribution in [2.45, 2.75) is 13.3 Å². The molecule has 4 rings (SSSR count). The number of thiazole rings is 1. The standard InChI is InChI=1S/C22H19NO2S3/c1-3-14-23-16-6-4-5-7-17(16)28-21(23)13-9-15-8-10-18(26-15)19-11-12-20(27-19)22(24)25-2/h4-14H,3H2,1-2H3/p+1. The zero-order valence-corrected chi connectivity index (χ0v) is 18.0. The number of aliphatic hydroxyl groups is 1. The molecule has 1 aromatic carbocycles. The summed E-state index contributed by atoms with van der Waals surface area (Å²) in [6.07, 6.45) is 7.58. The number of benzene rings is 1. The lowest BCUT2D eigenvalue weighted by molar-refractivity contribution is -0.490. The molecule has 0 saturated heterocycles. The third-order valence-electron chi connectivity index (χ3n) is 4.21. The van der Waals surface area contributed by atoms with Gasteiger partial charge >= 0.3 is 0 Å². The van der Waals surface area contributed by atoms with E-state index in [4.69, 9.17) is 4.74 Å². The van der Waals surface area contributed by atoms with Crippen LogP contribution in [0.4, 0.5) is 0 Å². The van der Waals surface area contributed by atoms with Crippen LogP contribution in [-0.2, 0) is 4.74 Å². The number of aliphatic hydroxyl groups excluding tert-OH is 1. The van der Waals surface area contributed by atoms with Gasteiger partial charge in [0.25, 0.3) is 10.6 Å². The molecule has 0 spiro atoms. The normalized spacial score (nSPS) is 16.1. The summed E-state index contributed by atoms with van der Waals surface area (Å²) in [5.41, 5.74) is 1.25. The Labute approximate surface area is 174 Å². The zero-order valence-electron chi connectivity index (χ0n) is 15.6. The molecule has 3 aromatic heterocycles. The van der Waals surface area contributed by atoms with Crippen molar-refractivity contribution in [3.63, 3.8) is 0 Å². The fraction of sp³-hybridized carbons (Fsp3) is 0.136. The highest BCUT2D eigenvalue weighted by atomic mass is 32.1. The Hall–Kier alpha value is -2.41. The molecule has 3 nitrogen and oxygen atoms in total. The molecule has 6 heteroatoms. The third kappa shape index (κ3) is 3.76. The molecule has 142 valence electrons. The molecule has 3 heterocycles. The number of hydrogen-bond acceptors (Lipinski definition) is 5. The summed E-state index contributed by atoms with van der Waals surface area (Å²) in [6, 6.07) is 16.7. The summed E-state index contributed by atoms with van der Waals surface area (Å²) >= 11 is 5.07. The molecule has 0 aliphatic rings. The number of ether oxygens (including phenoxy) is 1. The number of fused-ring (bicyclic) bond motifs is 1. The first-order valence-electron chi connectivity index (χ1n) is 8.94. The van der Waals surface area contributed by atoms with Crippen LogP contribution in [0.1, 0.15) is 13.3 Å². The SMILES string of the molecule is CCC=[n+]1c(=CC=c2ccc(=c3ccc(=C(O)OC)s3)s2)sc2ccccc21. The van der Waals surface area contributed by atoms with Crippen LogP contribution in [0.3, 0.4) is 0 Å². The van der Waals surface area contributed by atoms with Crippen LogP contribution in [0.5, 0.6) is 0 Å². The summed E-state index contributed by atoms with van der Waals surface area (Å²) in [4.78, 5) is 0. The van der Waals surface area contributed by atoms with E-state index in [0.29, 0.717) is 0 Å². The van der Waals surface area contributed by atoms with Crippen molar-refractivity contribution >= 4 is 62.3 Å². The maximum Gasteiger partial charge on any atom is 0.294 e. The molecule has 0 radical (unpaired) electrons. The molecule has 0 aliphatic heterocycles. The Kier molecular flexibility index (Phi) is 5.62. The minimum atomic E-state index is -0.0329. The van der Waals surface area contributed by atoms with Crippen molar-refractivity contribution in [3.8, 4) is 0 Å². The van der Waals surface area contributed by atoms with E-state index < -0.39 is 0 Å². The topological polar surface area (TPSA) is 35.4 Å². The van der Waals surface area contributed by atoms with E-state index >= 15 is 0 Å². The first-order chi connectivity index (χ1) is 13.7. The molecule has 0 unspecified atom stereocenters. The molecular formula is C22H20NO2S3+. The summed E-state index contributed by atoms with van der Waals surface area (Å²) < 4.78 is 13.9. The van der Waals surface area contributed by atoms with E-state index in [1.165, 1.54) is 42.4 Å². The van der Waals surface area contributed by atoms with Gasteiger partial charge in [-0.05, 0) is 36.4 Å². The predicted octanol–water partition coefficient (Wildman–Crippen LogP) is 3.55. The van der Waals surface area contributed by atoms with E-state index in [1.54, 1.807) is 22.7 Å². The van der Waals surface area contributed by atoms with Gasteiger partial charge in [-0.1, -0.05) is 30.4 Å². The average Bonchev–Trinajstić information content (AvgIpc) is 3.45. The fourth-order valence-corrected chi connectivity index (χ4v) is 5.90. The molecular weight excluding hydrogens is 406 g/mol. The first-order valence-corrected chi connectivity index (χ1v) is 11.4. The Morgan fingerprint density at radius 3 is 2.61 bits per heavy atom. The van der Waals surface area contributed by atoms with Crippen LogP contribution in [0.15, 0.2) is 48.5 Å². The maximum atomic E-state index is 9.73. The number of nitrogens with zero attached hydrogens (tertiary/aromatic N) is 1. The lowest BCUT2D eigenvalue weighted by Crippen LogP contribution is -2.32. The monoisotopic (exact) mass is 426 g/mol. The van der Waals surface area contributed by atoms with Gasteiger partial charge in [-0.2, -0.15) is 4.24 Å². The highest BCUT2D eigenvalue weighted by molar-refractivity contribution is 7.16. The molecule has 1 N–H and O–H groups in total. The number of thiophene rings is 2. The van der Waals surface area contributed by atoms with Gasteiger partial charge in [-0.15, -0.1) is 22.7 Å². The minimum Gasteiger partial charge on any atom is -0.480 e. The van der Waals surface area contributed by atoms with Crippen molar-refractivity contribution in [2.24, 2.45) is 0 Å². The van der Waals surface area contributed by atoms with Crippen LogP contribution in [0.2, 0.25) is 0 Å². The van der Waals surface area contributed by atoms with Crippen molar-refractivity contribution < 1.29 is 14.1 Å².